The van der Waals surface area contributed by atoms with E-state index in [-0.39, 0.29) is 17.4 Å². The average molecular weight is 284 g/mol. The average Bonchev–Trinajstić information content (AvgIpc) is 2.67. The molecule has 0 aromatic carbocycles. The molecule has 108 valence electrons. The van der Waals surface area contributed by atoms with Crippen molar-refractivity contribution in [3.63, 3.8) is 0 Å². The van der Waals surface area contributed by atoms with Crippen LogP contribution in [0.15, 0.2) is 0 Å². The summed E-state index contributed by atoms with van der Waals surface area (Å²) in [5, 5.41) is 6.89. The normalized spacial score (nSPS) is 11.7. The number of rotatable bonds is 6. The number of hydrogen-bond acceptors (Lipinski definition) is 5. The van der Waals surface area contributed by atoms with Crippen LogP contribution in [-0.4, -0.2) is 22.9 Å². The Morgan fingerprint density at radius 1 is 1.47 bits per heavy atom. The monoisotopic (exact) mass is 284 g/mol. The molecule has 0 radical (unpaired) electrons. The van der Waals surface area contributed by atoms with Gasteiger partial charge in [0, 0.05) is 12.6 Å². The van der Waals surface area contributed by atoms with Crippen molar-refractivity contribution < 1.29 is 4.79 Å². The van der Waals surface area contributed by atoms with Gasteiger partial charge in [-0.2, -0.15) is 4.37 Å². The Balaban J connectivity index is 2.83. The summed E-state index contributed by atoms with van der Waals surface area (Å²) < 4.78 is 4.07. The second-order valence-electron chi connectivity index (χ2n) is 5.77. The molecule has 0 aliphatic heterocycles. The van der Waals surface area contributed by atoms with E-state index in [1.165, 1.54) is 11.5 Å². The van der Waals surface area contributed by atoms with Crippen molar-refractivity contribution in [1.82, 2.24) is 9.69 Å². The lowest BCUT2D eigenvalue weighted by Gasteiger charge is -2.23. The molecule has 1 rings (SSSR count). The van der Waals surface area contributed by atoms with Crippen LogP contribution < -0.4 is 16.4 Å². The zero-order chi connectivity index (χ0) is 14.6. The highest BCUT2D eigenvalue weighted by Crippen LogP contribution is 2.29. The lowest BCUT2D eigenvalue weighted by Crippen LogP contribution is -2.31. The minimum Gasteiger partial charge on any atom is -0.382 e. The van der Waals surface area contributed by atoms with Crippen LogP contribution in [0.4, 0.5) is 10.8 Å². The van der Waals surface area contributed by atoms with Gasteiger partial charge in [0.2, 0.25) is 0 Å². The maximum absolute atomic E-state index is 12.1. The number of aromatic nitrogens is 1. The first-order valence-electron chi connectivity index (χ1n) is 6.56. The highest BCUT2D eigenvalue weighted by atomic mass is 32.1. The molecule has 1 heterocycles. The number of anilines is 2. The number of hydrogen-bond donors (Lipinski definition) is 3. The molecule has 0 bridgehead atoms. The van der Waals surface area contributed by atoms with Crippen LogP contribution in [0.2, 0.25) is 0 Å². The molecular formula is C13H24N4OS. The van der Waals surface area contributed by atoms with Crippen LogP contribution in [-0.2, 0) is 0 Å². The number of nitrogen functional groups attached to an aromatic ring is 1. The summed E-state index contributed by atoms with van der Waals surface area (Å²) in [5.74, 6) is 0.123. The van der Waals surface area contributed by atoms with Crippen LogP contribution in [0.3, 0.4) is 0 Å². The first kappa shape index (κ1) is 15.8. The number of carbonyl (C=O) groups is 1. The lowest BCUT2D eigenvalue weighted by molar-refractivity contribution is 0.0945. The molecule has 1 aromatic heterocycles. The number of nitrogens with two attached hydrogens (primary N) is 1. The summed E-state index contributed by atoms with van der Waals surface area (Å²) >= 11 is 1.24. The maximum Gasteiger partial charge on any atom is 0.258 e. The summed E-state index contributed by atoms with van der Waals surface area (Å²) in [5.41, 5.74) is 6.42. The highest BCUT2D eigenvalue weighted by Gasteiger charge is 2.22. The third kappa shape index (κ3) is 4.38. The molecule has 5 nitrogen and oxygen atoms in total. The molecule has 0 saturated heterocycles. The first-order chi connectivity index (χ1) is 8.76. The zero-order valence-electron chi connectivity index (χ0n) is 12.3. The van der Waals surface area contributed by atoms with Crippen LogP contribution in [0.1, 0.15) is 51.4 Å². The van der Waals surface area contributed by atoms with E-state index in [1.54, 1.807) is 0 Å². The number of carbonyl (C=O) groups excluding carboxylic acids is 1. The van der Waals surface area contributed by atoms with Crippen molar-refractivity contribution in [1.29, 1.82) is 0 Å². The van der Waals surface area contributed by atoms with Crippen molar-refractivity contribution in [2.75, 3.05) is 17.6 Å². The van der Waals surface area contributed by atoms with Crippen LogP contribution in [0.5, 0.6) is 0 Å². The van der Waals surface area contributed by atoms with Gasteiger partial charge in [-0.15, -0.1) is 0 Å². The second kappa shape index (κ2) is 6.23. The Hall–Kier alpha value is -1.30. The van der Waals surface area contributed by atoms with Gasteiger partial charge < -0.3 is 16.4 Å². The molecule has 0 aliphatic rings. The number of amides is 1. The van der Waals surface area contributed by atoms with Crippen molar-refractivity contribution in [2.24, 2.45) is 5.41 Å². The predicted molar refractivity (Wildman–Crippen MR) is 81.7 cm³/mol. The Kier molecular flexibility index (Phi) is 5.17. The SMILES string of the molecule is CCC(C)(C)CNc1snc(N)c1C(=O)NC(C)C. The van der Waals surface area contributed by atoms with Gasteiger partial charge in [-0.05, 0) is 37.2 Å². The van der Waals surface area contributed by atoms with Gasteiger partial charge in [0.05, 0.1) is 0 Å². The molecule has 0 spiro atoms. The van der Waals surface area contributed by atoms with E-state index >= 15 is 0 Å². The van der Waals surface area contributed by atoms with E-state index < -0.39 is 0 Å². The molecule has 0 aliphatic carbocycles. The molecule has 4 N–H and O–H groups in total. The van der Waals surface area contributed by atoms with Gasteiger partial charge in [-0.1, -0.05) is 20.8 Å². The van der Waals surface area contributed by atoms with E-state index in [1.807, 2.05) is 13.8 Å². The molecule has 1 amide bonds. The van der Waals surface area contributed by atoms with E-state index in [2.05, 4.69) is 35.8 Å². The van der Waals surface area contributed by atoms with Crippen molar-refractivity contribution in [3.8, 4) is 0 Å². The Labute approximate surface area is 119 Å². The minimum atomic E-state index is -0.168. The minimum absolute atomic E-state index is 0.0757. The fourth-order valence-electron chi connectivity index (χ4n) is 1.42. The van der Waals surface area contributed by atoms with Gasteiger partial charge >= 0.3 is 0 Å². The van der Waals surface area contributed by atoms with E-state index in [4.69, 9.17) is 5.73 Å². The van der Waals surface area contributed by atoms with Gasteiger partial charge in [-0.3, -0.25) is 4.79 Å². The molecule has 0 fully saturated rings. The molecule has 0 saturated carbocycles. The van der Waals surface area contributed by atoms with Crippen LogP contribution in [0, 0.1) is 5.41 Å². The van der Waals surface area contributed by atoms with Crippen molar-refractivity contribution in [2.45, 2.75) is 47.1 Å². The second-order valence-corrected chi connectivity index (χ2v) is 6.54. The predicted octanol–water partition coefficient (Wildman–Crippen LogP) is 2.71. The third-order valence-corrected chi connectivity index (χ3v) is 3.87. The molecule has 1 aromatic rings. The van der Waals surface area contributed by atoms with Crippen molar-refractivity contribution in [3.05, 3.63) is 5.56 Å². The van der Waals surface area contributed by atoms with Gasteiger partial charge in [0.25, 0.3) is 5.91 Å². The van der Waals surface area contributed by atoms with Gasteiger partial charge in [0.1, 0.15) is 10.6 Å². The van der Waals surface area contributed by atoms with Crippen LogP contribution in [0.25, 0.3) is 0 Å². The fraction of sp³-hybridized carbons (Fsp3) is 0.692. The quantitative estimate of drug-likeness (QED) is 0.750. The van der Waals surface area contributed by atoms with Crippen molar-refractivity contribution >= 4 is 28.3 Å². The molecule has 0 unspecified atom stereocenters. The standard InChI is InChI=1S/C13H24N4OS/c1-6-13(4,5)7-15-12-9(10(14)17-19-12)11(18)16-8(2)3/h8,15H,6-7H2,1-5H3,(H2,14,17)(H,16,18). The highest BCUT2D eigenvalue weighted by molar-refractivity contribution is 7.11. The summed E-state index contributed by atoms with van der Waals surface area (Å²) in [7, 11) is 0. The largest absolute Gasteiger partial charge is 0.382 e. The fourth-order valence-corrected chi connectivity index (χ4v) is 2.13. The van der Waals surface area contributed by atoms with Crippen LogP contribution >= 0.6 is 11.5 Å². The van der Waals surface area contributed by atoms with E-state index in [0.29, 0.717) is 11.4 Å². The maximum atomic E-state index is 12.1. The molecule has 6 heteroatoms. The molecule has 0 atom stereocenters. The number of nitrogens with one attached hydrogen (secondary N) is 2. The topological polar surface area (TPSA) is 80.0 Å². The summed E-state index contributed by atoms with van der Waals surface area (Å²) in [6.07, 6.45) is 1.06. The first-order valence-corrected chi connectivity index (χ1v) is 7.34. The lowest BCUT2D eigenvalue weighted by atomic mass is 9.90. The molecule has 19 heavy (non-hydrogen) atoms. The van der Waals surface area contributed by atoms with E-state index in [0.717, 1.165) is 18.0 Å². The Morgan fingerprint density at radius 2 is 2.11 bits per heavy atom. The Bertz CT molecular complexity index is 440. The molecular weight excluding hydrogens is 260 g/mol. The summed E-state index contributed by atoms with van der Waals surface area (Å²) in [6.45, 7) is 11.1. The van der Waals surface area contributed by atoms with Gasteiger partial charge in [0.15, 0.2) is 5.82 Å². The summed E-state index contributed by atoms with van der Waals surface area (Å²) in [6, 6.07) is 0.0757. The number of nitrogens with zero attached hydrogens (tertiary/aromatic N) is 1. The summed E-state index contributed by atoms with van der Waals surface area (Å²) in [4.78, 5) is 12.1. The Morgan fingerprint density at radius 3 is 2.63 bits per heavy atom. The van der Waals surface area contributed by atoms with E-state index in [9.17, 15) is 4.79 Å². The zero-order valence-corrected chi connectivity index (χ0v) is 13.1. The van der Waals surface area contributed by atoms with Gasteiger partial charge in [-0.25, -0.2) is 0 Å². The smallest absolute Gasteiger partial charge is 0.258 e. The third-order valence-electron chi connectivity index (χ3n) is 3.05.